The Balaban J connectivity index is 1.83. The van der Waals surface area contributed by atoms with Crippen molar-refractivity contribution in [2.45, 2.75) is 6.42 Å². The third-order valence-corrected chi connectivity index (χ3v) is 3.99. The van der Waals surface area contributed by atoms with E-state index in [1.807, 2.05) is 36.4 Å². The molecule has 0 bridgehead atoms. The van der Waals surface area contributed by atoms with Crippen molar-refractivity contribution in [2.24, 2.45) is 0 Å². The van der Waals surface area contributed by atoms with Crippen LogP contribution < -0.4 is 14.4 Å². The van der Waals surface area contributed by atoms with Crippen molar-refractivity contribution in [3.05, 3.63) is 59.7 Å². The van der Waals surface area contributed by atoms with Crippen molar-refractivity contribution in [3.63, 3.8) is 0 Å². The van der Waals surface area contributed by atoms with Gasteiger partial charge in [-0.25, -0.2) is 0 Å². The molecule has 1 aliphatic rings. The van der Waals surface area contributed by atoms with Crippen LogP contribution in [0.3, 0.4) is 0 Å². The molecule has 2 aromatic carbocycles. The number of ether oxygens (including phenoxy) is 2. The standard InChI is InChI=1S/C19H19NO3/c1-22-17-9-5-7-15(19(17)23-2)10-11-18(21)20-13-12-14-6-3-4-8-16(14)20/h3-11H,12-13H2,1-2H3/b11-10+. The first-order valence-corrected chi connectivity index (χ1v) is 7.53. The summed E-state index contributed by atoms with van der Waals surface area (Å²) in [7, 11) is 3.19. The molecule has 0 saturated heterocycles. The Hall–Kier alpha value is -2.75. The molecular formula is C19H19NO3. The van der Waals surface area contributed by atoms with Gasteiger partial charge in [0.25, 0.3) is 5.91 Å². The van der Waals surface area contributed by atoms with E-state index in [2.05, 4.69) is 6.07 Å². The van der Waals surface area contributed by atoms with Crippen LogP contribution in [0, 0.1) is 0 Å². The average molecular weight is 309 g/mol. The number of hydrogen-bond donors (Lipinski definition) is 0. The predicted octanol–water partition coefficient (Wildman–Crippen LogP) is 3.31. The monoisotopic (exact) mass is 309 g/mol. The van der Waals surface area contributed by atoms with E-state index in [4.69, 9.17) is 9.47 Å². The Morgan fingerprint density at radius 3 is 2.70 bits per heavy atom. The highest BCUT2D eigenvalue weighted by molar-refractivity contribution is 6.05. The van der Waals surface area contributed by atoms with Gasteiger partial charge in [-0.3, -0.25) is 4.79 Å². The van der Waals surface area contributed by atoms with Gasteiger partial charge >= 0.3 is 0 Å². The van der Waals surface area contributed by atoms with Gasteiger partial charge in [0, 0.05) is 23.9 Å². The summed E-state index contributed by atoms with van der Waals surface area (Å²) < 4.78 is 10.7. The van der Waals surface area contributed by atoms with Gasteiger partial charge in [0.15, 0.2) is 11.5 Å². The molecule has 0 atom stereocenters. The summed E-state index contributed by atoms with van der Waals surface area (Å²) in [6, 6.07) is 13.6. The van der Waals surface area contributed by atoms with Crippen molar-refractivity contribution in [3.8, 4) is 11.5 Å². The molecule has 0 aromatic heterocycles. The van der Waals surface area contributed by atoms with Crippen LogP contribution in [0.25, 0.3) is 6.08 Å². The number of carbonyl (C=O) groups excluding carboxylic acids is 1. The fourth-order valence-electron chi connectivity index (χ4n) is 2.86. The second-order valence-electron chi connectivity index (χ2n) is 5.28. The van der Waals surface area contributed by atoms with Gasteiger partial charge < -0.3 is 14.4 Å². The van der Waals surface area contributed by atoms with Crippen molar-refractivity contribution in [1.82, 2.24) is 0 Å². The number of fused-ring (bicyclic) bond motifs is 1. The third-order valence-electron chi connectivity index (χ3n) is 3.99. The number of nitrogens with zero attached hydrogens (tertiary/aromatic N) is 1. The first-order valence-electron chi connectivity index (χ1n) is 7.53. The van der Waals surface area contributed by atoms with Crippen LogP contribution >= 0.6 is 0 Å². The summed E-state index contributed by atoms with van der Waals surface area (Å²) in [4.78, 5) is 14.3. The molecule has 4 nitrogen and oxygen atoms in total. The lowest BCUT2D eigenvalue weighted by atomic mass is 10.1. The minimum atomic E-state index is -0.0279. The van der Waals surface area contributed by atoms with E-state index in [-0.39, 0.29) is 5.91 Å². The second kappa shape index (κ2) is 6.57. The summed E-state index contributed by atoms with van der Waals surface area (Å²) in [6.45, 7) is 0.720. The van der Waals surface area contributed by atoms with Gasteiger partial charge in [0.1, 0.15) is 0 Å². The Labute approximate surface area is 135 Å². The van der Waals surface area contributed by atoms with E-state index in [1.165, 1.54) is 5.56 Å². The summed E-state index contributed by atoms with van der Waals surface area (Å²) in [5, 5.41) is 0. The zero-order valence-electron chi connectivity index (χ0n) is 13.3. The molecular weight excluding hydrogens is 290 g/mol. The minimum absolute atomic E-state index is 0.0279. The van der Waals surface area contributed by atoms with Gasteiger partial charge in [0.05, 0.1) is 14.2 Å². The molecule has 1 amide bonds. The average Bonchev–Trinajstić information content (AvgIpc) is 3.03. The molecule has 0 fully saturated rings. The fraction of sp³-hybridized carbons (Fsp3) is 0.211. The number of anilines is 1. The van der Waals surface area contributed by atoms with E-state index in [9.17, 15) is 4.79 Å². The molecule has 1 heterocycles. The predicted molar refractivity (Wildman–Crippen MR) is 91.1 cm³/mol. The van der Waals surface area contributed by atoms with Crippen molar-refractivity contribution >= 4 is 17.7 Å². The van der Waals surface area contributed by atoms with Gasteiger partial charge in [-0.2, -0.15) is 0 Å². The summed E-state index contributed by atoms with van der Waals surface area (Å²) in [6.07, 6.45) is 4.25. The van der Waals surface area contributed by atoms with Crippen molar-refractivity contribution in [2.75, 3.05) is 25.7 Å². The molecule has 4 heteroatoms. The van der Waals surface area contributed by atoms with E-state index < -0.39 is 0 Å². The number of carbonyl (C=O) groups is 1. The molecule has 23 heavy (non-hydrogen) atoms. The number of para-hydroxylation sites is 2. The maximum atomic E-state index is 12.5. The highest BCUT2D eigenvalue weighted by Gasteiger charge is 2.22. The van der Waals surface area contributed by atoms with E-state index in [1.54, 1.807) is 31.3 Å². The molecule has 0 unspecified atom stereocenters. The molecule has 2 aromatic rings. The van der Waals surface area contributed by atoms with Crippen molar-refractivity contribution in [1.29, 1.82) is 0 Å². The number of benzene rings is 2. The van der Waals surface area contributed by atoms with Gasteiger partial charge in [-0.15, -0.1) is 0 Å². The zero-order chi connectivity index (χ0) is 16.2. The largest absolute Gasteiger partial charge is 0.493 e. The van der Waals surface area contributed by atoms with Crippen LogP contribution in [0.5, 0.6) is 11.5 Å². The topological polar surface area (TPSA) is 38.8 Å². The van der Waals surface area contributed by atoms with Crippen LogP contribution in [0.15, 0.2) is 48.5 Å². The number of hydrogen-bond acceptors (Lipinski definition) is 3. The van der Waals surface area contributed by atoms with Crippen LogP contribution in [-0.2, 0) is 11.2 Å². The van der Waals surface area contributed by atoms with Gasteiger partial charge in [-0.1, -0.05) is 30.3 Å². The van der Waals surface area contributed by atoms with Crippen LogP contribution in [0.4, 0.5) is 5.69 Å². The Morgan fingerprint density at radius 1 is 1.09 bits per heavy atom. The van der Waals surface area contributed by atoms with Gasteiger partial charge in [0.2, 0.25) is 0 Å². The summed E-state index contributed by atoms with van der Waals surface area (Å²) in [5.74, 6) is 1.24. The normalized spacial score (nSPS) is 13.2. The first kappa shape index (κ1) is 15.2. The summed E-state index contributed by atoms with van der Waals surface area (Å²) >= 11 is 0. The quantitative estimate of drug-likeness (QED) is 0.813. The SMILES string of the molecule is COc1cccc(/C=C/C(=O)N2CCc3ccccc32)c1OC. The van der Waals surface area contributed by atoms with Crippen LogP contribution in [-0.4, -0.2) is 26.7 Å². The van der Waals surface area contributed by atoms with Crippen LogP contribution in [0.2, 0.25) is 0 Å². The highest BCUT2D eigenvalue weighted by Crippen LogP contribution is 2.32. The smallest absolute Gasteiger partial charge is 0.251 e. The van der Waals surface area contributed by atoms with E-state index in [0.29, 0.717) is 11.5 Å². The number of amides is 1. The zero-order valence-corrected chi connectivity index (χ0v) is 13.3. The molecule has 3 rings (SSSR count). The molecule has 0 saturated carbocycles. The number of rotatable bonds is 4. The highest BCUT2D eigenvalue weighted by atomic mass is 16.5. The maximum absolute atomic E-state index is 12.5. The Bertz CT molecular complexity index is 752. The third kappa shape index (κ3) is 2.93. The number of methoxy groups -OCH3 is 2. The van der Waals surface area contributed by atoms with E-state index >= 15 is 0 Å². The lowest BCUT2D eigenvalue weighted by Crippen LogP contribution is -2.26. The molecule has 0 radical (unpaired) electrons. The summed E-state index contributed by atoms with van der Waals surface area (Å²) in [5.41, 5.74) is 3.03. The van der Waals surface area contributed by atoms with Crippen molar-refractivity contribution < 1.29 is 14.3 Å². The second-order valence-corrected chi connectivity index (χ2v) is 5.28. The molecule has 0 N–H and O–H groups in total. The lowest BCUT2D eigenvalue weighted by Gasteiger charge is -2.15. The molecule has 118 valence electrons. The first-order chi connectivity index (χ1) is 11.2. The van der Waals surface area contributed by atoms with Crippen LogP contribution in [0.1, 0.15) is 11.1 Å². The van der Waals surface area contributed by atoms with E-state index in [0.717, 1.165) is 24.2 Å². The maximum Gasteiger partial charge on any atom is 0.251 e. The molecule has 1 aliphatic heterocycles. The van der Waals surface area contributed by atoms with Gasteiger partial charge in [-0.05, 0) is 30.2 Å². The fourth-order valence-corrected chi connectivity index (χ4v) is 2.86. The lowest BCUT2D eigenvalue weighted by molar-refractivity contribution is -0.114. The molecule has 0 aliphatic carbocycles. The minimum Gasteiger partial charge on any atom is -0.493 e. The Morgan fingerprint density at radius 2 is 1.91 bits per heavy atom. The Kier molecular flexibility index (Phi) is 4.33. The molecule has 0 spiro atoms.